The SMILES string of the molecule is CCOC(=O)Nc1cn(CC(=O)N2CCCC(N)C2)nn1. The van der Waals surface area contributed by atoms with Gasteiger partial charge in [0.25, 0.3) is 0 Å². The predicted octanol–water partition coefficient (Wildman–Crippen LogP) is -0.204. The van der Waals surface area contributed by atoms with Crippen molar-refractivity contribution in [2.75, 3.05) is 25.0 Å². The molecule has 0 aromatic carbocycles. The summed E-state index contributed by atoms with van der Waals surface area (Å²) >= 11 is 0. The van der Waals surface area contributed by atoms with Crippen molar-refractivity contribution in [2.24, 2.45) is 5.73 Å². The van der Waals surface area contributed by atoms with Crippen LogP contribution in [0.25, 0.3) is 0 Å². The highest BCUT2D eigenvalue weighted by Gasteiger charge is 2.21. The van der Waals surface area contributed by atoms with Gasteiger partial charge in [0.05, 0.1) is 12.8 Å². The van der Waals surface area contributed by atoms with E-state index in [1.807, 2.05) is 0 Å². The van der Waals surface area contributed by atoms with Crippen LogP contribution >= 0.6 is 0 Å². The Morgan fingerprint density at radius 1 is 1.57 bits per heavy atom. The molecule has 116 valence electrons. The molecular weight excluding hydrogens is 276 g/mol. The van der Waals surface area contributed by atoms with Gasteiger partial charge in [0.2, 0.25) is 5.91 Å². The monoisotopic (exact) mass is 296 g/mol. The zero-order chi connectivity index (χ0) is 15.2. The molecule has 3 N–H and O–H groups in total. The Morgan fingerprint density at radius 2 is 2.38 bits per heavy atom. The van der Waals surface area contributed by atoms with Gasteiger partial charge in [0.1, 0.15) is 6.54 Å². The van der Waals surface area contributed by atoms with Crippen LogP contribution in [0.2, 0.25) is 0 Å². The Balaban J connectivity index is 1.86. The number of likely N-dealkylation sites (tertiary alicyclic amines) is 1. The van der Waals surface area contributed by atoms with Gasteiger partial charge in [0.15, 0.2) is 5.82 Å². The lowest BCUT2D eigenvalue weighted by Gasteiger charge is -2.30. The Morgan fingerprint density at radius 3 is 3.10 bits per heavy atom. The Bertz CT molecular complexity index is 503. The van der Waals surface area contributed by atoms with Gasteiger partial charge in [-0.2, -0.15) is 0 Å². The number of piperidine rings is 1. The number of amides is 2. The van der Waals surface area contributed by atoms with E-state index >= 15 is 0 Å². The number of nitrogens with one attached hydrogen (secondary N) is 1. The maximum Gasteiger partial charge on any atom is 0.412 e. The minimum absolute atomic E-state index is 0.0412. The molecule has 2 heterocycles. The zero-order valence-corrected chi connectivity index (χ0v) is 12.0. The third-order valence-electron chi connectivity index (χ3n) is 3.15. The summed E-state index contributed by atoms with van der Waals surface area (Å²) in [6.45, 7) is 3.34. The van der Waals surface area contributed by atoms with E-state index < -0.39 is 6.09 Å². The van der Waals surface area contributed by atoms with E-state index in [0.29, 0.717) is 6.54 Å². The number of ether oxygens (including phenoxy) is 1. The summed E-state index contributed by atoms with van der Waals surface area (Å²) in [6, 6.07) is 0.0412. The molecule has 1 atom stereocenters. The summed E-state index contributed by atoms with van der Waals surface area (Å²) < 4.78 is 6.11. The number of carbonyl (C=O) groups is 2. The van der Waals surface area contributed by atoms with Gasteiger partial charge in [-0.05, 0) is 19.8 Å². The van der Waals surface area contributed by atoms with Crippen LogP contribution in [0, 0.1) is 0 Å². The van der Waals surface area contributed by atoms with Gasteiger partial charge in [0, 0.05) is 19.1 Å². The first-order valence-electron chi connectivity index (χ1n) is 6.95. The fraction of sp³-hybridized carbons (Fsp3) is 0.667. The van der Waals surface area contributed by atoms with Crippen LogP contribution in [0.15, 0.2) is 6.20 Å². The number of anilines is 1. The summed E-state index contributed by atoms with van der Waals surface area (Å²) in [5, 5.41) is 9.98. The van der Waals surface area contributed by atoms with Crippen LogP contribution in [0.1, 0.15) is 19.8 Å². The zero-order valence-electron chi connectivity index (χ0n) is 12.0. The molecule has 0 spiro atoms. The highest BCUT2D eigenvalue weighted by atomic mass is 16.5. The summed E-state index contributed by atoms with van der Waals surface area (Å²) in [7, 11) is 0. The number of hydrogen-bond donors (Lipinski definition) is 2. The van der Waals surface area contributed by atoms with Crippen LogP contribution in [-0.2, 0) is 16.1 Å². The van der Waals surface area contributed by atoms with Crippen molar-refractivity contribution < 1.29 is 14.3 Å². The average molecular weight is 296 g/mol. The van der Waals surface area contributed by atoms with Crippen molar-refractivity contribution in [3.05, 3.63) is 6.20 Å². The lowest BCUT2D eigenvalue weighted by atomic mass is 10.1. The molecule has 2 amide bonds. The van der Waals surface area contributed by atoms with Gasteiger partial charge in [-0.3, -0.25) is 10.1 Å². The quantitative estimate of drug-likeness (QED) is 0.794. The minimum Gasteiger partial charge on any atom is -0.450 e. The second-order valence-corrected chi connectivity index (χ2v) is 4.89. The van der Waals surface area contributed by atoms with Crippen molar-refractivity contribution >= 4 is 17.8 Å². The number of hydrogen-bond acceptors (Lipinski definition) is 6. The molecule has 1 saturated heterocycles. The highest BCUT2D eigenvalue weighted by Crippen LogP contribution is 2.09. The molecule has 1 aliphatic rings. The normalized spacial score (nSPS) is 18.4. The molecule has 0 aliphatic carbocycles. The number of carbonyl (C=O) groups excluding carboxylic acids is 2. The molecule has 1 fully saturated rings. The van der Waals surface area contributed by atoms with E-state index in [1.54, 1.807) is 11.8 Å². The minimum atomic E-state index is -0.599. The van der Waals surface area contributed by atoms with E-state index in [9.17, 15) is 9.59 Å². The molecule has 9 nitrogen and oxygen atoms in total. The Hall–Kier alpha value is -2.16. The van der Waals surface area contributed by atoms with E-state index in [0.717, 1.165) is 19.4 Å². The summed E-state index contributed by atoms with van der Waals surface area (Å²) in [4.78, 5) is 25.1. The number of rotatable bonds is 4. The third-order valence-corrected chi connectivity index (χ3v) is 3.15. The van der Waals surface area contributed by atoms with Crippen molar-refractivity contribution in [3.8, 4) is 0 Å². The van der Waals surface area contributed by atoms with Gasteiger partial charge < -0.3 is 15.4 Å². The van der Waals surface area contributed by atoms with Crippen LogP contribution < -0.4 is 11.1 Å². The smallest absolute Gasteiger partial charge is 0.412 e. The summed E-state index contributed by atoms with van der Waals surface area (Å²) in [5.74, 6) is 0.189. The summed E-state index contributed by atoms with van der Waals surface area (Å²) in [5.41, 5.74) is 5.85. The summed E-state index contributed by atoms with van der Waals surface area (Å²) in [6.07, 6.45) is 2.75. The maximum atomic E-state index is 12.1. The van der Waals surface area contributed by atoms with E-state index in [-0.39, 0.29) is 30.9 Å². The fourth-order valence-electron chi connectivity index (χ4n) is 2.18. The van der Waals surface area contributed by atoms with Gasteiger partial charge in [-0.1, -0.05) is 5.21 Å². The number of nitrogens with zero attached hydrogens (tertiary/aromatic N) is 4. The predicted molar refractivity (Wildman–Crippen MR) is 74.5 cm³/mol. The fourth-order valence-corrected chi connectivity index (χ4v) is 2.18. The lowest BCUT2D eigenvalue weighted by molar-refractivity contribution is -0.133. The topological polar surface area (TPSA) is 115 Å². The molecular formula is C12H20N6O3. The maximum absolute atomic E-state index is 12.1. The molecule has 0 radical (unpaired) electrons. The second-order valence-electron chi connectivity index (χ2n) is 4.89. The first-order valence-corrected chi connectivity index (χ1v) is 6.95. The molecule has 1 unspecified atom stereocenters. The molecule has 1 aromatic heterocycles. The van der Waals surface area contributed by atoms with E-state index in [1.165, 1.54) is 10.9 Å². The largest absolute Gasteiger partial charge is 0.450 e. The van der Waals surface area contributed by atoms with E-state index in [4.69, 9.17) is 10.5 Å². The van der Waals surface area contributed by atoms with Gasteiger partial charge in [-0.15, -0.1) is 5.10 Å². The number of aromatic nitrogens is 3. The van der Waals surface area contributed by atoms with Crippen molar-refractivity contribution in [2.45, 2.75) is 32.4 Å². The van der Waals surface area contributed by atoms with Crippen LogP contribution in [0.3, 0.4) is 0 Å². The highest BCUT2D eigenvalue weighted by molar-refractivity contribution is 5.83. The molecule has 1 aromatic rings. The van der Waals surface area contributed by atoms with Crippen molar-refractivity contribution in [1.29, 1.82) is 0 Å². The molecule has 2 rings (SSSR count). The van der Waals surface area contributed by atoms with Crippen LogP contribution in [0.5, 0.6) is 0 Å². The second kappa shape index (κ2) is 7.02. The first kappa shape index (κ1) is 15.2. The van der Waals surface area contributed by atoms with Crippen molar-refractivity contribution in [3.63, 3.8) is 0 Å². The number of nitrogens with two attached hydrogens (primary N) is 1. The standard InChI is InChI=1S/C12H20N6O3/c1-2-21-12(20)14-10-7-18(16-15-10)8-11(19)17-5-3-4-9(13)6-17/h7,9H,2-6,8,13H2,1H3,(H,14,20). The Kier molecular flexibility index (Phi) is 5.09. The molecule has 0 saturated carbocycles. The van der Waals surface area contributed by atoms with Gasteiger partial charge >= 0.3 is 6.09 Å². The molecule has 21 heavy (non-hydrogen) atoms. The van der Waals surface area contributed by atoms with Crippen LogP contribution in [-0.4, -0.2) is 57.6 Å². The molecule has 0 bridgehead atoms. The first-order chi connectivity index (χ1) is 10.1. The van der Waals surface area contributed by atoms with Crippen LogP contribution in [0.4, 0.5) is 10.6 Å². The third kappa shape index (κ3) is 4.42. The van der Waals surface area contributed by atoms with Gasteiger partial charge in [-0.25, -0.2) is 9.48 Å². The Labute approximate surface area is 122 Å². The molecule has 9 heteroatoms. The van der Waals surface area contributed by atoms with Crippen molar-refractivity contribution in [1.82, 2.24) is 19.9 Å². The lowest BCUT2D eigenvalue weighted by Crippen LogP contribution is -2.46. The van der Waals surface area contributed by atoms with E-state index in [2.05, 4.69) is 15.6 Å². The molecule has 1 aliphatic heterocycles. The average Bonchev–Trinajstić information content (AvgIpc) is 2.86.